The summed E-state index contributed by atoms with van der Waals surface area (Å²) in [6.07, 6.45) is 4.70. The summed E-state index contributed by atoms with van der Waals surface area (Å²) in [4.78, 5) is 17.3. The second-order valence-corrected chi connectivity index (χ2v) is 7.41. The molecule has 4 N–H and O–H groups in total. The topological polar surface area (TPSA) is 72.3 Å². The number of nitrogens with zero attached hydrogens (tertiary/aromatic N) is 1. The van der Waals surface area contributed by atoms with E-state index < -0.39 is 5.54 Å². The van der Waals surface area contributed by atoms with Crippen molar-refractivity contribution in [1.82, 2.24) is 4.90 Å². The van der Waals surface area contributed by atoms with E-state index in [1.54, 1.807) is 11.3 Å². The number of fused-ring (bicyclic) bond motifs is 1. The molecule has 2 atom stereocenters. The van der Waals surface area contributed by atoms with Gasteiger partial charge in [0.05, 0.1) is 10.4 Å². The van der Waals surface area contributed by atoms with Crippen LogP contribution in [0.1, 0.15) is 45.8 Å². The Hall–Kier alpha value is -0.750. The molecule has 0 radical (unpaired) electrons. The number of rotatable bonds is 2. The van der Waals surface area contributed by atoms with Gasteiger partial charge in [-0.15, -0.1) is 11.3 Å². The molecule has 0 amide bonds. The molecule has 5 heteroatoms. The first-order valence-electron chi connectivity index (χ1n) is 7.40. The highest BCUT2D eigenvalue weighted by molar-refractivity contribution is 7.14. The summed E-state index contributed by atoms with van der Waals surface area (Å²) in [5, 5.41) is 0. The molecule has 3 rings (SSSR count). The number of carbonyl (C=O) groups is 1. The van der Waals surface area contributed by atoms with Gasteiger partial charge in [0.25, 0.3) is 0 Å². The molecule has 1 aliphatic heterocycles. The van der Waals surface area contributed by atoms with Crippen LogP contribution in [0.4, 0.5) is 0 Å². The molecule has 0 saturated heterocycles. The van der Waals surface area contributed by atoms with Crippen molar-refractivity contribution in [3.8, 4) is 0 Å². The third-order valence-electron chi connectivity index (χ3n) is 4.72. The van der Waals surface area contributed by atoms with E-state index in [9.17, 15) is 4.79 Å². The quantitative estimate of drug-likeness (QED) is 0.811. The molecule has 1 aliphatic carbocycles. The van der Waals surface area contributed by atoms with Crippen LogP contribution in [-0.2, 0) is 13.0 Å². The van der Waals surface area contributed by atoms with Crippen LogP contribution in [0, 0.1) is 0 Å². The van der Waals surface area contributed by atoms with Crippen molar-refractivity contribution in [3.05, 3.63) is 21.4 Å². The van der Waals surface area contributed by atoms with Gasteiger partial charge in [-0.05, 0) is 37.9 Å². The van der Waals surface area contributed by atoms with Gasteiger partial charge < -0.3 is 16.4 Å². The highest BCUT2D eigenvalue weighted by Gasteiger charge is 2.42. The molecule has 20 heavy (non-hydrogen) atoms. The fraction of sp³-hybridized carbons (Fsp3) is 0.667. The van der Waals surface area contributed by atoms with E-state index in [1.165, 1.54) is 10.4 Å². The summed E-state index contributed by atoms with van der Waals surface area (Å²) in [5.41, 5.74) is 13.0. The predicted octanol–water partition coefficient (Wildman–Crippen LogP) is 1.52. The Bertz CT molecular complexity index is 527. The van der Waals surface area contributed by atoms with Crippen molar-refractivity contribution in [1.29, 1.82) is 0 Å². The van der Waals surface area contributed by atoms with E-state index in [-0.39, 0.29) is 11.8 Å². The lowest BCUT2D eigenvalue weighted by Gasteiger charge is -2.37. The summed E-state index contributed by atoms with van der Waals surface area (Å²) < 4.78 is 0. The fourth-order valence-corrected chi connectivity index (χ4v) is 4.52. The first kappa shape index (κ1) is 14.2. The number of ketones is 1. The Morgan fingerprint density at radius 2 is 2.30 bits per heavy atom. The lowest BCUT2D eigenvalue weighted by molar-refractivity contribution is 0.0827. The zero-order valence-electron chi connectivity index (χ0n) is 12.0. The third-order valence-corrected chi connectivity index (χ3v) is 5.96. The number of nitrogens with two attached hydrogens (primary N) is 2. The summed E-state index contributed by atoms with van der Waals surface area (Å²) in [6.45, 7) is 2.00. The minimum Gasteiger partial charge on any atom is -0.326 e. The Morgan fingerprint density at radius 3 is 3.05 bits per heavy atom. The molecule has 1 saturated carbocycles. The van der Waals surface area contributed by atoms with E-state index in [0.29, 0.717) is 0 Å². The Kier molecular flexibility index (Phi) is 3.71. The van der Waals surface area contributed by atoms with Crippen molar-refractivity contribution in [3.63, 3.8) is 0 Å². The van der Waals surface area contributed by atoms with Gasteiger partial charge >= 0.3 is 0 Å². The Balaban J connectivity index is 1.87. The minimum atomic E-state index is -0.850. The van der Waals surface area contributed by atoms with Gasteiger partial charge in [-0.1, -0.05) is 12.8 Å². The summed E-state index contributed by atoms with van der Waals surface area (Å²) >= 11 is 1.63. The Morgan fingerprint density at radius 1 is 1.50 bits per heavy atom. The number of hydrogen-bond donors (Lipinski definition) is 2. The number of Topliss-reactive ketones (excluding diaryl/α,β-unsaturated/α-hetero) is 1. The van der Waals surface area contributed by atoms with Crippen molar-refractivity contribution in [2.45, 2.75) is 50.2 Å². The van der Waals surface area contributed by atoms with Gasteiger partial charge in [-0.2, -0.15) is 0 Å². The van der Waals surface area contributed by atoms with E-state index in [2.05, 4.69) is 11.9 Å². The van der Waals surface area contributed by atoms with Crippen LogP contribution in [0.2, 0.25) is 0 Å². The summed E-state index contributed by atoms with van der Waals surface area (Å²) in [6, 6.07) is 1.85. The predicted molar refractivity (Wildman–Crippen MR) is 82.0 cm³/mol. The summed E-state index contributed by atoms with van der Waals surface area (Å²) in [5.74, 6) is 0.0618. The molecule has 2 heterocycles. The van der Waals surface area contributed by atoms with Gasteiger partial charge in [0.2, 0.25) is 0 Å². The highest BCUT2D eigenvalue weighted by Crippen LogP contribution is 2.33. The van der Waals surface area contributed by atoms with Crippen LogP contribution in [0.15, 0.2) is 6.07 Å². The maximum absolute atomic E-state index is 12.8. The number of likely N-dealkylation sites (N-methyl/N-ethyl adjacent to an activating group) is 1. The van der Waals surface area contributed by atoms with Crippen LogP contribution in [0.3, 0.4) is 0 Å². The van der Waals surface area contributed by atoms with Crippen LogP contribution in [-0.4, -0.2) is 35.9 Å². The molecule has 2 unspecified atom stereocenters. The second kappa shape index (κ2) is 5.22. The van der Waals surface area contributed by atoms with Crippen LogP contribution < -0.4 is 11.5 Å². The van der Waals surface area contributed by atoms with Gasteiger partial charge in [0, 0.05) is 24.0 Å². The average molecular weight is 293 g/mol. The van der Waals surface area contributed by atoms with Gasteiger partial charge in [0.1, 0.15) is 0 Å². The van der Waals surface area contributed by atoms with E-state index in [4.69, 9.17) is 11.5 Å². The zero-order chi connectivity index (χ0) is 14.3. The average Bonchev–Trinajstić information content (AvgIpc) is 2.84. The molecular formula is C15H23N3OS. The van der Waals surface area contributed by atoms with Crippen molar-refractivity contribution < 1.29 is 4.79 Å². The SMILES string of the molecule is CN1CCc2sc(C(=O)C3(N)CCCCC3N)cc2C1. The Labute approximate surface area is 124 Å². The molecular weight excluding hydrogens is 270 g/mol. The molecule has 0 bridgehead atoms. The maximum atomic E-state index is 12.8. The van der Waals surface area contributed by atoms with Crippen molar-refractivity contribution >= 4 is 17.1 Å². The fourth-order valence-electron chi connectivity index (χ4n) is 3.32. The standard InChI is InChI=1S/C15H23N3OS/c1-18-7-5-11-10(9-18)8-12(20-11)14(19)15(17)6-3-2-4-13(15)16/h8,13H,2-7,9,16-17H2,1H3. The van der Waals surface area contributed by atoms with Gasteiger partial charge in [-0.25, -0.2) is 0 Å². The monoisotopic (exact) mass is 293 g/mol. The van der Waals surface area contributed by atoms with Crippen molar-refractivity contribution in [2.75, 3.05) is 13.6 Å². The van der Waals surface area contributed by atoms with Gasteiger partial charge in [-0.3, -0.25) is 4.79 Å². The minimum absolute atomic E-state index is 0.0618. The summed E-state index contributed by atoms with van der Waals surface area (Å²) in [7, 11) is 2.11. The number of hydrogen-bond acceptors (Lipinski definition) is 5. The van der Waals surface area contributed by atoms with E-state index in [1.807, 2.05) is 6.07 Å². The molecule has 2 aliphatic rings. The van der Waals surface area contributed by atoms with Crippen LogP contribution >= 0.6 is 11.3 Å². The molecule has 1 aromatic heterocycles. The van der Waals surface area contributed by atoms with Crippen LogP contribution in [0.5, 0.6) is 0 Å². The number of carbonyl (C=O) groups excluding carboxylic acids is 1. The van der Waals surface area contributed by atoms with E-state index >= 15 is 0 Å². The molecule has 1 fully saturated rings. The first-order chi connectivity index (χ1) is 9.50. The van der Waals surface area contributed by atoms with Gasteiger partial charge in [0.15, 0.2) is 5.78 Å². The second-order valence-electron chi connectivity index (χ2n) is 6.27. The molecule has 1 aromatic rings. The lowest BCUT2D eigenvalue weighted by atomic mass is 9.75. The zero-order valence-corrected chi connectivity index (χ0v) is 12.8. The molecule has 0 spiro atoms. The smallest absolute Gasteiger partial charge is 0.194 e. The first-order valence-corrected chi connectivity index (χ1v) is 8.22. The van der Waals surface area contributed by atoms with Crippen LogP contribution in [0.25, 0.3) is 0 Å². The molecule has 0 aromatic carbocycles. The molecule has 110 valence electrons. The maximum Gasteiger partial charge on any atom is 0.194 e. The highest BCUT2D eigenvalue weighted by atomic mass is 32.1. The third kappa shape index (κ3) is 2.33. The number of thiophene rings is 1. The largest absolute Gasteiger partial charge is 0.326 e. The van der Waals surface area contributed by atoms with Crippen molar-refractivity contribution in [2.24, 2.45) is 11.5 Å². The lowest BCUT2D eigenvalue weighted by Crippen LogP contribution is -2.62. The normalized spacial score (nSPS) is 31.1. The van der Waals surface area contributed by atoms with E-state index in [0.717, 1.165) is 50.1 Å². The molecule has 4 nitrogen and oxygen atoms in total.